The molecular weight excluding hydrogens is 140 g/mol. The third-order valence-electron chi connectivity index (χ3n) is 1.54. The summed E-state index contributed by atoms with van der Waals surface area (Å²) in [4.78, 5) is 10.8. The van der Waals surface area contributed by atoms with E-state index in [2.05, 4.69) is 0 Å². The second-order valence-corrected chi connectivity index (χ2v) is 2.25. The fourth-order valence-corrected chi connectivity index (χ4v) is 0.982. The molecule has 1 rings (SSSR count). The van der Waals surface area contributed by atoms with E-state index in [1.165, 1.54) is 4.57 Å². The first-order chi connectivity index (χ1) is 5.25. The molecule has 0 aliphatic heterocycles. The maximum Gasteiger partial charge on any atom is 0.493 e. The van der Waals surface area contributed by atoms with Gasteiger partial charge in [0, 0.05) is 6.42 Å². The van der Waals surface area contributed by atoms with Gasteiger partial charge in [-0.2, -0.15) is 9.36 Å². The van der Waals surface area contributed by atoms with E-state index in [1.54, 1.807) is 12.3 Å². The first-order valence-corrected chi connectivity index (χ1v) is 3.55. The lowest BCUT2D eigenvalue weighted by molar-refractivity contribution is -0.578. The zero-order chi connectivity index (χ0) is 8.27. The minimum atomic E-state index is -0.428. The van der Waals surface area contributed by atoms with E-state index in [9.17, 15) is 4.79 Å². The smallest absolute Gasteiger partial charge is 0.250 e. The van der Waals surface area contributed by atoms with E-state index < -0.39 is 6.03 Å². The van der Waals surface area contributed by atoms with Gasteiger partial charge in [0.15, 0.2) is 0 Å². The molecule has 2 N–H and O–H groups in total. The zero-order valence-electron chi connectivity index (χ0n) is 6.45. The standard InChI is InChI=1S/C8H10N2O/c1-2-7-5-3-4-6-10(7)8(9)11/h3-6H,2H2,1H3,(H-,9,11)/p+1. The van der Waals surface area contributed by atoms with Gasteiger partial charge in [-0.25, -0.2) is 0 Å². The van der Waals surface area contributed by atoms with E-state index in [0.29, 0.717) is 0 Å². The van der Waals surface area contributed by atoms with Gasteiger partial charge in [0.05, 0.1) is 6.20 Å². The molecule has 3 heteroatoms. The van der Waals surface area contributed by atoms with Crippen molar-refractivity contribution in [3.05, 3.63) is 30.1 Å². The normalized spacial score (nSPS) is 9.55. The van der Waals surface area contributed by atoms with Crippen molar-refractivity contribution in [2.24, 2.45) is 5.73 Å². The van der Waals surface area contributed by atoms with Gasteiger partial charge in [0.1, 0.15) is 5.69 Å². The number of hydrogen-bond donors (Lipinski definition) is 1. The highest BCUT2D eigenvalue weighted by molar-refractivity contribution is 5.61. The van der Waals surface area contributed by atoms with Crippen LogP contribution >= 0.6 is 0 Å². The number of nitrogens with zero attached hydrogens (tertiary/aromatic N) is 1. The highest BCUT2D eigenvalue weighted by Gasteiger charge is 2.08. The molecule has 0 aliphatic rings. The van der Waals surface area contributed by atoms with Crippen molar-refractivity contribution in [3.8, 4) is 0 Å². The highest BCUT2D eigenvalue weighted by atomic mass is 16.2. The first kappa shape index (κ1) is 7.72. The van der Waals surface area contributed by atoms with Crippen molar-refractivity contribution in [2.45, 2.75) is 13.3 Å². The van der Waals surface area contributed by atoms with Gasteiger partial charge in [0.25, 0.3) is 0 Å². The van der Waals surface area contributed by atoms with Crippen LogP contribution in [0, 0.1) is 0 Å². The summed E-state index contributed by atoms with van der Waals surface area (Å²) in [7, 11) is 0. The Morgan fingerprint density at radius 1 is 1.64 bits per heavy atom. The lowest BCUT2D eigenvalue weighted by Gasteiger charge is -1.97. The van der Waals surface area contributed by atoms with Gasteiger partial charge in [-0.15, -0.1) is 0 Å². The lowest BCUT2D eigenvalue weighted by Crippen LogP contribution is -2.49. The third-order valence-corrected chi connectivity index (χ3v) is 1.54. The Kier molecular flexibility index (Phi) is 2.21. The Morgan fingerprint density at radius 2 is 2.36 bits per heavy atom. The molecule has 1 aromatic rings. The molecular formula is C8H11N2O+. The van der Waals surface area contributed by atoms with E-state index in [0.717, 1.165) is 12.1 Å². The predicted molar refractivity (Wildman–Crippen MR) is 41.0 cm³/mol. The van der Waals surface area contributed by atoms with E-state index in [-0.39, 0.29) is 0 Å². The minimum absolute atomic E-state index is 0.428. The summed E-state index contributed by atoms with van der Waals surface area (Å²) in [5.74, 6) is 0. The summed E-state index contributed by atoms with van der Waals surface area (Å²) in [6, 6.07) is 5.12. The molecule has 0 saturated heterocycles. The number of aryl methyl sites for hydroxylation is 1. The van der Waals surface area contributed by atoms with E-state index >= 15 is 0 Å². The SMILES string of the molecule is CCc1cccc[n+]1C(N)=O. The zero-order valence-corrected chi connectivity index (χ0v) is 6.45. The largest absolute Gasteiger partial charge is 0.493 e. The van der Waals surface area contributed by atoms with Crippen molar-refractivity contribution in [2.75, 3.05) is 0 Å². The first-order valence-electron chi connectivity index (χ1n) is 3.55. The van der Waals surface area contributed by atoms with Crippen LogP contribution < -0.4 is 10.3 Å². The van der Waals surface area contributed by atoms with Crippen LogP contribution in [0.3, 0.4) is 0 Å². The number of rotatable bonds is 1. The molecule has 58 valence electrons. The second-order valence-electron chi connectivity index (χ2n) is 2.25. The quantitative estimate of drug-likeness (QED) is 0.582. The lowest BCUT2D eigenvalue weighted by atomic mass is 10.3. The molecule has 1 heterocycles. The van der Waals surface area contributed by atoms with Gasteiger partial charge >= 0.3 is 6.03 Å². The number of amides is 1. The maximum atomic E-state index is 10.8. The number of aromatic nitrogens is 1. The fraction of sp³-hybridized carbons (Fsp3) is 0.250. The average Bonchev–Trinajstić information content (AvgIpc) is 2.04. The Morgan fingerprint density at radius 3 is 2.82 bits per heavy atom. The topological polar surface area (TPSA) is 47.0 Å². The van der Waals surface area contributed by atoms with Crippen LogP contribution in [0.2, 0.25) is 0 Å². The molecule has 0 saturated carbocycles. The van der Waals surface area contributed by atoms with Crippen LogP contribution in [0.25, 0.3) is 0 Å². The number of hydrogen-bond acceptors (Lipinski definition) is 1. The Hall–Kier alpha value is -1.38. The molecule has 0 aromatic carbocycles. The molecule has 3 nitrogen and oxygen atoms in total. The molecule has 0 unspecified atom stereocenters. The predicted octanol–water partition coefficient (Wildman–Crippen LogP) is 0.463. The summed E-state index contributed by atoms with van der Waals surface area (Å²) < 4.78 is 1.44. The Bertz CT molecular complexity index is 271. The van der Waals surface area contributed by atoms with Gasteiger partial charge in [0.2, 0.25) is 0 Å². The van der Waals surface area contributed by atoms with Crippen LogP contribution in [0.5, 0.6) is 0 Å². The minimum Gasteiger partial charge on any atom is -0.250 e. The van der Waals surface area contributed by atoms with Crippen molar-refractivity contribution in [1.29, 1.82) is 0 Å². The maximum absolute atomic E-state index is 10.8. The third kappa shape index (κ3) is 1.55. The van der Waals surface area contributed by atoms with Crippen LogP contribution in [0.1, 0.15) is 12.6 Å². The molecule has 0 aliphatic carbocycles. The summed E-state index contributed by atoms with van der Waals surface area (Å²) in [6.45, 7) is 1.98. The van der Waals surface area contributed by atoms with Crippen molar-refractivity contribution >= 4 is 6.03 Å². The summed E-state index contributed by atoms with van der Waals surface area (Å²) in [6.07, 6.45) is 2.48. The number of nitrogens with two attached hydrogens (primary N) is 1. The fourth-order valence-electron chi connectivity index (χ4n) is 0.982. The van der Waals surface area contributed by atoms with E-state index in [1.807, 2.05) is 19.1 Å². The highest BCUT2D eigenvalue weighted by Crippen LogP contribution is 1.90. The van der Waals surface area contributed by atoms with Crippen molar-refractivity contribution in [3.63, 3.8) is 0 Å². The number of carbonyl (C=O) groups excluding carboxylic acids is 1. The number of pyridine rings is 1. The molecule has 0 radical (unpaired) electrons. The van der Waals surface area contributed by atoms with Crippen LogP contribution in [0.15, 0.2) is 24.4 Å². The summed E-state index contributed by atoms with van der Waals surface area (Å²) >= 11 is 0. The Labute approximate surface area is 65.5 Å². The molecule has 11 heavy (non-hydrogen) atoms. The van der Waals surface area contributed by atoms with Crippen LogP contribution in [0.4, 0.5) is 4.79 Å². The van der Waals surface area contributed by atoms with E-state index in [4.69, 9.17) is 5.73 Å². The molecule has 1 aromatic heterocycles. The number of carbonyl (C=O) groups is 1. The van der Waals surface area contributed by atoms with Crippen LogP contribution in [-0.2, 0) is 6.42 Å². The molecule has 0 atom stereocenters. The van der Waals surface area contributed by atoms with Crippen LogP contribution in [-0.4, -0.2) is 6.03 Å². The molecule has 0 fully saturated rings. The second kappa shape index (κ2) is 3.14. The molecule has 0 bridgehead atoms. The van der Waals surface area contributed by atoms with Gasteiger partial charge in [-0.3, -0.25) is 5.73 Å². The number of primary amides is 1. The van der Waals surface area contributed by atoms with Gasteiger partial charge in [-0.1, -0.05) is 13.0 Å². The average molecular weight is 151 g/mol. The van der Waals surface area contributed by atoms with Crippen molar-refractivity contribution in [1.82, 2.24) is 0 Å². The van der Waals surface area contributed by atoms with Crippen molar-refractivity contribution < 1.29 is 9.36 Å². The molecule has 1 amide bonds. The monoisotopic (exact) mass is 151 g/mol. The van der Waals surface area contributed by atoms with Gasteiger partial charge < -0.3 is 0 Å². The summed E-state index contributed by atoms with van der Waals surface area (Å²) in [5.41, 5.74) is 6.04. The molecule has 0 spiro atoms. The summed E-state index contributed by atoms with van der Waals surface area (Å²) in [5, 5.41) is 0. The van der Waals surface area contributed by atoms with Gasteiger partial charge in [-0.05, 0) is 12.1 Å². The Balaban J connectivity index is 3.12.